The van der Waals surface area contributed by atoms with E-state index in [1.807, 2.05) is 24.3 Å². The molecule has 0 aliphatic heterocycles. The quantitative estimate of drug-likeness (QED) is 0.128. The first-order chi connectivity index (χ1) is 64.5. The van der Waals surface area contributed by atoms with E-state index in [4.69, 9.17) is 17.7 Å². The van der Waals surface area contributed by atoms with Gasteiger partial charge in [-0.2, -0.15) is 0 Å². The van der Waals surface area contributed by atoms with E-state index in [0.717, 1.165) is 166 Å². The van der Waals surface area contributed by atoms with Crippen molar-refractivity contribution in [3.05, 3.63) is 449 Å². The summed E-state index contributed by atoms with van der Waals surface area (Å²) in [6.45, 7) is 0. The van der Waals surface area contributed by atoms with Gasteiger partial charge in [0.15, 0.2) is 0 Å². The molecule has 0 unspecified atom stereocenters. The first-order valence-corrected chi connectivity index (χ1v) is 44.5. The van der Waals surface area contributed by atoms with Gasteiger partial charge in [-0.25, -0.2) is 0 Å². The molecule has 0 bridgehead atoms. The second kappa shape index (κ2) is 29.1. The minimum atomic E-state index is 0.896. The van der Waals surface area contributed by atoms with Crippen LogP contribution in [0.15, 0.2) is 467 Å². The average molecular weight is 1660 g/mol. The summed E-state index contributed by atoms with van der Waals surface area (Å²) in [5.41, 5.74) is 32.5. The second-order valence-electron chi connectivity index (χ2n) is 34.2. The molecule has 28 aromatic rings. The number of para-hydroxylation sites is 8. The number of benzene rings is 22. The molecule has 0 aliphatic carbocycles. The number of fused-ring (bicyclic) bond motifs is 22. The van der Waals surface area contributed by atoms with E-state index in [1.165, 1.54) is 109 Å². The van der Waals surface area contributed by atoms with Gasteiger partial charge >= 0.3 is 0 Å². The normalized spacial score (nSPS) is 12.0. The zero-order valence-corrected chi connectivity index (χ0v) is 70.3. The third kappa shape index (κ3) is 11.3. The molecule has 0 saturated heterocycles. The Bertz CT molecular complexity index is 9090. The van der Waals surface area contributed by atoms with Gasteiger partial charge in [-0.05, 0) is 195 Å². The van der Waals surface area contributed by atoms with E-state index in [0.29, 0.717) is 0 Å². The fourth-order valence-corrected chi connectivity index (χ4v) is 21.4. The molecule has 6 heterocycles. The van der Waals surface area contributed by atoms with Crippen LogP contribution in [0.5, 0.6) is 0 Å². The third-order valence-electron chi connectivity index (χ3n) is 27.2. The molecule has 130 heavy (non-hydrogen) atoms. The molecular weight excluding hydrogens is 1580 g/mol. The van der Waals surface area contributed by atoms with Crippen molar-refractivity contribution in [2.24, 2.45) is 0 Å². The SMILES string of the molecule is c1ccc(-c2c3ccccc3c(-c3ccc(-n4c5cc(-c6cccc7c6oc6ccccc67)ccc5c5ccc(-c6cccc7c6oc6ccccc67)cc54)cc3)c3ccccc23)cc1.c1ccc(-c2c3ccccc3c(-c3ccc(-n4c5ccc(-c6cccc7c6oc6ccccc67)cc5c5cc(-c6cccc7c6oc6ccccc67)ccc54)cc3)c3ccccc23)cc1. The van der Waals surface area contributed by atoms with E-state index < -0.39 is 0 Å². The maximum absolute atomic E-state index is 6.58. The minimum Gasteiger partial charge on any atom is -0.455 e. The van der Waals surface area contributed by atoms with Gasteiger partial charge in [0.2, 0.25) is 0 Å². The number of hydrogen-bond acceptors (Lipinski definition) is 4. The number of hydrogen-bond donors (Lipinski definition) is 0. The fraction of sp³-hybridized carbons (Fsp3) is 0. The largest absolute Gasteiger partial charge is 0.455 e. The van der Waals surface area contributed by atoms with Crippen LogP contribution in [0.3, 0.4) is 0 Å². The van der Waals surface area contributed by atoms with Gasteiger partial charge < -0.3 is 26.8 Å². The molecular formula is C124H74N2O4. The van der Waals surface area contributed by atoms with Crippen LogP contribution in [0.25, 0.3) is 275 Å². The van der Waals surface area contributed by atoms with Crippen LogP contribution in [-0.2, 0) is 0 Å². The fourth-order valence-electron chi connectivity index (χ4n) is 21.4. The Hall–Kier alpha value is -17.3. The highest BCUT2D eigenvalue weighted by molar-refractivity contribution is 6.25. The molecule has 28 rings (SSSR count). The highest BCUT2D eigenvalue weighted by Gasteiger charge is 2.26. The Morgan fingerprint density at radius 3 is 0.646 bits per heavy atom. The van der Waals surface area contributed by atoms with Crippen molar-refractivity contribution in [1.29, 1.82) is 0 Å². The van der Waals surface area contributed by atoms with E-state index in [1.54, 1.807) is 0 Å². The second-order valence-corrected chi connectivity index (χ2v) is 34.2. The van der Waals surface area contributed by atoms with Gasteiger partial charge in [-0.3, -0.25) is 0 Å². The molecule has 0 saturated carbocycles. The number of nitrogens with zero attached hydrogens (tertiary/aromatic N) is 2. The summed E-state index contributed by atoms with van der Waals surface area (Å²) >= 11 is 0. The van der Waals surface area contributed by atoms with Gasteiger partial charge in [0.05, 0.1) is 22.1 Å². The topological polar surface area (TPSA) is 62.4 Å². The van der Waals surface area contributed by atoms with Crippen molar-refractivity contribution in [3.63, 3.8) is 0 Å². The van der Waals surface area contributed by atoms with Crippen molar-refractivity contribution < 1.29 is 17.7 Å². The minimum absolute atomic E-state index is 0.896. The molecule has 0 aliphatic rings. The Balaban J connectivity index is 0.000000134. The van der Waals surface area contributed by atoms with Crippen LogP contribution in [0, 0.1) is 0 Å². The predicted molar refractivity (Wildman–Crippen MR) is 544 cm³/mol. The summed E-state index contributed by atoms with van der Waals surface area (Å²) in [6.07, 6.45) is 0. The molecule has 0 N–H and O–H groups in total. The standard InChI is InChI=1S/2C62H37NO2/c1-2-14-38(15-3-1)59-49-18-4-6-20-51(49)60(52-21-7-5-19-50(52)59)39-28-32-42(33-29-39)63-55-36-40(43-22-12-24-53-47-16-8-10-26-57(47)64-61(43)53)30-34-45(55)46-35-31-41(37-56(46)63)44-23-13-25-54-48-17-9-11-27-58(48)65-62(44)54;1-2-14-38(15-3-1)59-47-18-4-6-20-49(47)60(50-21-7-5-19-48(50)59)39-28-32-42(33-29-39)63-55-34-30-40(43-22-12-24-51-45-16-8-10-26-57(45)64-61(43)51)36-53(55)54-37-41(31-35-56(54)63)44-23-13-25-52-46-17-9-11-27-58(46)65-62(44)52/h2*1-37H. The lowest BCUT2D eigenvalue weighted by Gasteiger charge is -2.18. The van der Waals surface area contributed by atoms with E-state index >= 15 is 0 Å². The monoisotopic (exact) mass is 1650 g/mol. The first-order valence-electron chi connectivity index (χ1n) is 44.5. The van der Waals surface area contributed by atoms with Gasteiger partial charge in [0, 0.05) is 98.3 Å². The first kappa shape index (κ1) is 73.1. The van der Waals surface area contributed by atoms with Crippen LogP contribution in [0.2, 0.25) is 0 Å². The maximum atomic E-state index is 6.58. The summed E-state index contributed by atoms with van der Waals surface area (Å²) in [5, 5.41) is 23.7. The van der Waals surface area contributed by atoms with Gasteiger partial charge in [-0.1, -0.05) is 364 Å². The van der Waals surface area contributed by atoms with Crippen LogP contribution < -0.4 is 0 Å². The smallest absolute Gasteiger partial charge is 0.143 e. The van der Waals surface area contributed by atoms with E-state index in [9.17, 15) is 0 Å². The lowest BCUT2D eigenvalue weighted by Crippen LogP contribution is -1.95. The molecule has 0 amide bonds. The van der Waals surface area contributed by atoms with Crippen LogP contribution in [0.4, 0.5) is 0 Å². The van der Waals surface area contributed by atoms with Gasteiger partial charge in [-0.15, -0.1) is 0 Å². The number of rotatable bonds is 10. The maximum Gasteiger partial charge on any atom is 0.143 e. The molecule has 0 fully saturated rings. The Morgan fingerprint density at radius 1 is 0.131 bits per heavy atom. The van der Waals surface area contributed by atoms with Crippen LogP contribution in [-0.4, -0.2) is 9.13 Å². The number of aromatic nitrogens is 2. The summed E-state index contributed by atoms with van der Waals surface area (Å²) < 4.78 is 31.2. The Morgan fingerprint density at radius 2 is 0.354 bits per heavy atom. The zero-order valence-electron chi connectivity index (χ0n) is 70.3. The number of furan rings is 4. The van der Waals surface area contributed by atoms with Crippen molar-refractivity contribution in [1.82, 2.24) is 9.13 Å². The molecule has 6 nitrogen and oxygen atoms in total. The molecule has 0 radical (unpaired) electrons. The molecule has 604 valence electrons. The summed E-state index contributed by atoms with van der Waals surface area (Å²) in [4.78, 5) is 0. The predicted octanol–water partition coefficient (Wildman–Crippen LogP) is 35.1. The molecule has 22 aromatic carbocycles. The van der Waals surface area contributed by atoms with Crippen molar-refractivity contribution in [3.8, 4) is 100 Å². The highest BCUT2D eigenvalue weighted by Crippen LogP contribution is 2.51. The Kier molecular flexibility index (Phi) is 16.4. The Labute approximate surface area is 745 Å². The van der Waals surface area contributed by atoms with Crippen molar-refractivity contribution in [2.45, 2.75) is 0 Å². The average Bonchev–Trinajstić information content (AvgIpc) is 1.59. The van der Waals surface area contributed by atoms with E-state index in [-0.39, 0.29) is 0 Å². The molecule has 0 atom stereocenters. The van der Waals surface area contributed by atoms with E-state index in [2.05, 4.69) is 434 Å². The third-order valence-corrected chi connectivity index (χ3v) is 27.2. The summed E-state index contributed by atoms with van der Waals surface area (Å²) in [6, 6.07) is 162. The molecule has 0 spiro atoms. The summed E-state index contributed by atoms with van der Waals surface area (Å²) in [7, 11) is 0. The highest BCUT2D eigenvalue weighted by atomic mass is 16.3. The summed E-state index contributed by atoms with van der Waals surface area (Å²) in [5.74, 6) is 0. The van der Waals surface area contributed by atoms with Crippen molar-refractivity contribution in [2.75, 3.05) is 0 Å². The zero-order chi connectivity index (χ0) is 85.2. The van der Waals surface area contributed by atoms with Crippen molar-refractivity contribution >= 4 is 174 Å². The van der Waals surface area contributed by atoms with Gasteiger partial charge in [0.1, 0.15) is 44.7 Å². The molecule has 6 aromatic heterocycles. The lowest BCUT2D eigenvalue weighted by atomic mass is 9.86. The van der Waals surface area contributed by atoms with Crippen LogP contribution in [0.1, 0.15) is 0 Å². The van der Waals surface area contributed by atoms with Crippen LogP contribution >= 0.6 is 0 Å². The lowest BCUT2D eigenvalue weighted by molar-refractivity contribution is 0.669. The van der Waals surface area contributed by atoms with Gasteiger partial charge in [0.25, 0.3) is 0 Å². The molecule has 6 heteroatoms.